The highest BCUT2D eigenvalue weighted by Crippen LogP contribution is 2.08. The second kappa shape index (κ2) is 6.89. The predicted molar refractivity (Wildman–Crippen MR) is 69.3 cm³/mol. The molecule has 0 radical (unpaired) electrons. The molecule has 0 unspecified atom stereocenters. The summed E-state index contributed by atoms with van der Waals surface area (Å²) in [6.07, 6.45) is 1.62. The van der Waals surface area contributed by atoms with Crippen LogP contribution in [0.25, 0.3) is 0 Å². The minimum Gasteiger partial charge on any atom is -0.341 e. The lowest BCUT2D eigenvalue weighted by atomic mass is 10.2. The summed E-state index contributed by atoms with van der Waals surface area (Å²) in [4.78, 5) is 13.9. The van der Waals surface area contributed by atoms with Gasteiger partial charge in [-0.2, -0.15) is 11.3 Å². The van der Waals surface area contributed by atoms with Crippen LogP contribution in [0.15, 0.2) is 16.8 Å². The lowest BCUT2D eigenvalue weighted by Gasteiger charge is -2.19. The van der Waals surface area contributed by atoms with Crippen LogP contribution < -0.4 is 5.32 Å². The van der Waals surface area contributed by atoms with E-state index in [1.54, 1.807) is 11.3 Å². The summed E-state index contributed by atoms with van der Waals surface area (Å²) in [6.45, 7) is 3.70. The van der Waals surface area contributed by atoms with Crippen molar-refractivity contribution in [3.05, 3.63) is 22.4 Å². The van der Waals surface area contributed by atoms with E-state index < -0.39 is 0 Å². The van der Waals surface area contributed by atoms with E-state index >= 15 is 0 Å². The standard InChI is InChI=1S/C11H16N2OS.ClH/c14-11(8-10-2-7-15-9-10)13-5-1-3-12-4-6-13;/h2,7,9,12H,1,3-6,8H2;1H. The van der Waals surface area contributed by atoms with E-state index in [1.165, 1.54) is 0 Å². The van der Waals surface area contributed by atoms with E-state index in [-0.39, 0.29) is 18.3 Å². The van der Waals surface area contributed by atoms with Crippen LogP contribution >= 0.6 is 23.7 Å². The zero-order chi connectivity index (χ0) is 10.5. The van der Waals surface area contributed by atoms with Crippen LogP contribution in [0.5, 0.6) is 0 Å². The summed E-state index contributed by atoms with van der Waals surface area (Å²) in [7, 11) is 0. The quantitative estimate of drug-likeness (QED) is 0.875. The molecule has 0 aliphatic carbocycles. The maximum atomic E-state index is 11.9. The third kappa shape index (κ3) is 3.77. The van der Waals surface area contributed by atoms with E-state index in [9.17, 15) is 4.79 Å². The number of hydrogen-bond acceptors (Lipinski definition) is 3. The Morgan fingerprint density at radius 1 is 1.44 bits per heavy atom. The maximum absolute atomic E-state index is 11.9. The maximum Gasteiger partial charge on any atom is 0.227 e. The Balaban J connectivity index is 0.00000128. The Labute approximate surface area is 106 Å². The Bertz CT molecular complexity index is 308. The largest absolute Gasteiger partial charge is 0.341 e. The Hall–Kier alpha value is -0.580. The van der Waals surface area contributed by atoms with Gasteiger partial charge in [-0.1, -0.05) is 0 Å². The molecule has 90 valence electrons. The molecule has 2 rings (SSSR count). The SMILES string of the molecule is Cl.O=C(Cc1ccsc1)N1CCCNCC1. The van der Waals surface area contributed by atoms with E-state index in [1.807, 2.05) is 21.7 Å². The van der Waals surface area contributed by atoms with E-state index in [2.05, 4.69) is 5.32 Å². The molecule has 3 nitrogen and oxygen atoms in total. The smallest absolute Gasteiger partial charge is 0.227 e. The predicted octanol–water partition coefficient (Wildman–Crippen LogP) is 1.53. The molecule has 1 fully saturated rings. The fourth-order valence-corrected chi connectivity index (χ4v) is 2.44. The van der Waals surface area contributed by atoms with Crippen molar-refractivity contribution >= 4 is 29.7 Å². The average Bonchev–Trinajstić information content (AvgIpc) is 2.58. The second-order valence-corrected chi connectivity index (χ2v) is 4.57. The summed E-state index contributed by atoms with van der Waals surface area (Å²) in [5.74, 6) is 0.261. The molecule has 2 heterocycles. The third-order valence-electron chi connectivity index (χ3n) is 2.63. The Morgan fingerprint density at radius 2 is 2.31 bits per heavy atom. The summed E-state index contributed by atoms with van der Waals surface area (Å²) in [6, 6.07) is 2.03. The van der Waals surface area contributed by atoms with Gasteiger partial charge in [0.05, 0.1) is 6.42 Å². The molecule has 0 aromatic carbocycles. The molecular weight excluding hydrogens is 244 g/mol. The van der Waals surface area contributed by atoms with Gasteiger partial charge in [0.25, 0.3) is 0 Å². The number of carbonyl (C=O) groups excluding carboxylic acids is 1. The van der Waals surface area contributed by atoms with Crippen LogP contribution in [-0.2, 0) is 11.2 Å². The van der Waals surface area contributed by atoms with Crippen molar-refractivity contribution in [3.63, 3.8) is 0 Å². The van der Waals surface area contributed by atoms with Gasteiger partial charge in [0, 0.05) is 19.6 Å². The van der Waals surface area contributed by atoms with Crippen molar-refractivity contribution in [1.82, 2.24) is 10.2 Å². The van der Waals surface area contributed by atoms with Crippen LogP contribution in [0, 0.1) is 0 Å². The number of halogens is 1. The number of nitrogens with one attached hydrogen (secondary N) is 1. The minimum atomic E-state index is 0. The molecule has 0 bridgehead atoms. The highest BCUT2D eigenvalue weighted by atomic mass is 35.5. The van der Waals surface area contributed by atoms with Gasteiger partial charge in [-0.25, -0.2) is 0 Å². The van der Waals surface area contributed by atoms with Gasteiger partial charge in [0.2, 0.25) is 5.91 Å². The summed E-state index contributed by atoms with van der Waals surface area (Å²) < 4.78 is 0. The number of amides is 1. The van der Waals surface area contributed by atoms with Crippen LogP contribution in [0.4, 0.5) is 0 Å². The molecular formula is C11H17ClN2OS. The van der Waals surface area contributed by atoms with Crippen LogP contribution in [0.2, 0.25) is 0 Å². The van der Waals surface area contributed by atoms with Crippen molar-refractivity contribution in [1.29, 1.82) is 0 Å². The summed E-state index contributed by atoms with van der Waals surface area (Å²) in [5, 5.41) is 7.37. The van der Waals surface area contributed by atoms with Gasteiger partial charge in [0.1, 0.15) is 0 Å². The molecule has 5 heteroatoms. The van der Waals surface area contributed by atoms with Gasteiger partial charge in [-0.05, 0) is 35.4 Å². The fourth-order valence-electron chi connectivity index (χ4n) is 1.77. The molecule has 0 saturated carbocycles. The molecule has 1 aliphatic heterocycles. The Morgan fingerprint density at radius 3 is 3.06 bits per heavy atom. The number of carbonyl (C=O) groups is 1. The number of rotatable bonds is 2. The molecule has 1 saturated heterocycles. The van der Waals surface area contributed by atoms with E-state index in [4.69, 9.17) is 0 Å². The van der Waals surface area contributed by atoms with Gasteiger partial charge in [-0.3, -0.25) is 4.79 Å². The molecule has 16 heavy (non-hydrogen) atoms. The van der Waals surface area contributed by atoms with Crippen LogP contribution in [0.1, 0.15) is 12.0 Å². The normalized spacial score (nSPS) is 16.4. The van der Waals surface area contributed by atoms with Crippen molar-refractivity contribution < 1.29 is 4.79 Å². The highest BCUT2D eigenvalue weighted by Gasteiger charge is 2.15. The summed E-state index contributed by atoms with van der Waals surface area (Å²) in [5.41, 5.74) is 1.14. The molecule has 0 spiro atoms. The zero-order valence-corrected chi connectivity index (χ0v) is 10.8. The first-order chi connectivity index (χ1) is 7.36. The second-order valence-electron chi connectivity index (χ2n) is 3.79. The zero-order valence-electron chi connectivity index (χ0n) is 9.15. The number of thiophene rings is 1. The molecule has 1 N–H and O–H groups in total. The highest BCUT2D eigenvalue weighted by molar-refractivity contribution is 7.07. The first kappa shape index (κ1) is 13.5. The van der Waals surface area contributed by atoms with E-state index in [0.717, 1.165) is 38.2 Å². The lowest BCUT2D eigenvalue weighted by Crippen LogP contribution is -2.35. The molecule has 1 aromatic heterocycles. The van der Waals surface area contributed by atoms with Gasteiger partial charge >= 0.3 is 0 Å². The van der Waals surface area contributed by atoms with Gasteiger partial charge in [0.15, 0.2) is 0 Å². The molecule has 1 aromatic rings. The first-order valence-corrected chi connectivity index (χ1v) is 6.30. The van der Waals surface area contributed by atoms with Gasteiger partial charge < -0.3 is 10.2 Å². The summed E-state index contributed by atoms with van der Waals surface area (Å²) >= 11 is 1.65. The first-order valence-electron chi connectivity index (χ1n) is 5.36. The van der Waals surface area contributed by atoms with E-state index in [0.29, 0.717) is 6.42 Å². The minimum absolute atomic E-state index is 0. The monoisotopic (exact) mass is 260 g/mol. The lowest BCUT2D eigenvalue weighted by molar-refractivity contribution is -0.130. The van der Waals surface area contributed by atoms with Gasteiger partial charge in [-0.15, -0.1) is 12.4 Å². The molecule has 1 aliphatic rings. The number of hydrogen-bond donors (Lipinski definition) is 1. The van der Waals surface area contributed by atoms with Crippen LogP contribution in [-0.4, -0.2) is 37.0 Å². The van der Waals surface area contributed by atoms with Crippen molar-refractivity contribution in [2.24, 2.45) is 0 Å². The fraction of sp³-hybridized carbons (Fsp3) is 0.545. The third-order valence-corrected chi connectivity index (χ3v) is 3.36. The van der Waals surface area contributed by atoms with Crippen LogP contribution in [0.3, 0.4) is 0 Å². The van der Waals surface area contributed by atoms with Crippen molar-refractivity contribution in [2.75, 3.05) is 26.2 Å². The average molecular weight is 261 g/mol. The Kier molecular flexibility index (Phi) is 5.80. The van der Waals surface area contributed by atoms with Crippen molar-refractivity contribution in [2.45, 2.75) is 12.8 Å². The molecule has 1 amide bonds. The molecule has 0 atom stereocenters. The number of nitrogens with zero attached hydrogens (tertiary/aromatic N) is 1. The topological polar surface area (TPSA) is 32.3 Å². The van der Waals surface area contributed by atoms with Crippen molar-refractivity contribution in [3.8, 4) is 0 Å².